The molecule has 1 aliphatic rings. The highest BCUT2D eigenvalue weighted by Gasteiger charge is 2.21. The van der Waals surface area contributed by atoms with Gasteiger partial charge in [0.15, 0.2) is 0 Å². The number of carbonyl (C=O) groups excluding carboxylic acids is 1. The summed E-state index contributed by atoms with van der Waals surface area (Å²) >= 11 is 0. The monoisotopic (exact) mass is 216 g/mol. The molecule has 16 heavy (non-hydrogen) atoms. The predicted octanol–water partition coefficient (Wildman–Crippen LogP) is 0.868. The van der Waals surface area contributed by atoms with Crippen molar-refractivity contribution in [3.63, 3.8) is 0 Å². The zero-order valence-electron chi connectivity index (χ0n) is 8.90. The van der Waals surface area contributed by atoms with Gasteiger partial charge in [-0.25, -0.2) is 0 Å². The zero-order valence-corrected chi connectivity index (χ0v) is 8.90. The second kappa shape index (κ2) is 4.06. The van der Waals surface area contributed by atoms with Gasteiger partial charge in [-0.05, 0) is 12.1 Å². The molecule has 2 N–H and O–H groups in total. The van der Waals surface area contributed by atoms with Crippen molar-refractivity contribution in [2.75, 3.05) is 12.4 Å². The Kier molecular flexibility index (Phi) is 2.59. The van der Waals surface area contributed by atoms with E-state index in [-0.39, 0.29) is 5.91 Å². The Hall–Kier alpha value is -2.30. The van der Waals surface area contributed by atoms with Crippen molar-refractivity contribution >= 4 is 11.6 Å². The third-order valence-electron chi connectivity index (χ3n) is 2.29. The van der Waals surface area contributed by atoms with Crippen molar-refractivity contribution in [1.82, 2.24) is 15.2 Å². The van der Waals surface area contributed by atoms with Crippen LogP contribution < -0.4 is 10.6 Å². The molecule has 0 radical (unpaired) electrons. The van der Waals surface area contributed by atoms with E-state index in [1.165, 1.54) is 0 Å². The number of pyridine rings is 1. The highest BCUT2D eigenvalue weighted by Crippen LogP contribution is 2.15. The highest BCUT2D eigenvalue weighted by atomic mass is 16.2. The van der Waals surface area contributed by atoms with Gasteiger partial charge < -0.3 is 15.5 Å². The van der Waals surface area contributed by atoms with Crippen LogP contribution in [0.1, 0.15) is 0 Å². The van der Waals surface area contributed by atoms with Crippen LogP contribution in [0.3, 0.4) is 0 Å². The van der Waals surface area contributed by atoms with Crippen molar-refractivity contribution in [2.24, 2.45) is 0 Å². The molecule has 0 spiro atoms. The number of hydrogen-bond donors (Lipinski definition) is 2. The summed E-state index contributed by atoms with van der Waals surface area (Å²) in [5.74, 6) is 0.484. The molecule has 0 atom stereocenters. The molecular formula is C11H12N4O. The van der Waals surface area contributed by atoms with Crippen molar-refractivity contribution in [2.45, 2.75) is 0 Å². The molecule has 1 amide bonds. The van der Waals surface area contributed by atoms with Gasteiger partial charge in [0.1, 0.15) is 11.5 Å². The minimum absolute atomic E-state index is 0.193. The van der Waals surface area contributed by atoms with E-state index in [2.05, 4.69) is 22.2 Å². The molecule has 0 aromatic carbocycles. The van der Waals surface area contributed by atoms with Gasteiger partial charge >= 0.3 is 0 Å². The lowest BCUT2D eigenvalue weighted by Gasteiger charge is -2.15. The lowest BCUT2D eigenvalue weighted by molar-refractivity contribution is -0.113. The minimum Gasteiger partial charge on any atom is -0.346 e. The van der Waals surface area contributed by atoms with Crippen LogP contribution in [0.5, 0.6) is 0 Å². The van der Waals surface area contributed by atoms with E-state index in [4.69, 9.17) is 0 Å². The Morgan fingerprint density at radius 1 is 1.62 bits per heavy atom. The number of aromatic nitrogens is 1. The molecule has 0 aliphatic carbocycles. The summed E-state index contributed by atoms with van der Waals surface area (Å²) in [4.78, 5) is 17.4. The summed E-state index contributed by atoms with van der Waals surface area (Å²) < 4.78 is 0. The third kappa shape index (κ3) is 1.88. The highest BCUT2D eigenvalue weighted by molar-refractivity contribution is 6.03. The molecule has 5 heteroatoms. The van der Waals surface area contributed by atoms with E-state index in [0.717, 1.165) is 0 Å². The largest absolute Gasteiger partial charge is 0.346 e. The Morgan fingerprint density at radius 3 is 3.00 bits per heavy atom. The molecule has 0 unspecified atom stereocenters. The molecule has 2 rings (SSSR count). The number of hydrogen-bond acceptors (Lipinski definition) is 4. The Labute approximate surface area is 93.5 Å². The van der Waals surface area contributed by atoms with E-state index in [9.17, 15) is 4.79 Å². The molecule has 82 valence electrons. The lowest BCUT2D eigenvalue weighted by Crippen LogP contribution is -2.24. The molecule has 5 nitrogen and oxygen atoms in total. The van der Waals surface area contributed by atoms with E-state index in [1.807, 2.05) is 0 Å². The third-order valence-corrected chi connectivity index (χ3v) is 2.29. The van der Waals surface area contributed by atoms with Gasteiger partial charge in [-0.1, -0.05) is 6.58 Å². The number of carbonyl (C=O) groups is 1. The van der Waals surface area contributed by atoms with Crippen molar-refractivity contribution in [3.8, 4) is 0 Å². The molecule has 2 heterocycles. The molecule has 0 saturated carbocycles. The summed E-state index contributed by atoms with van der Waals surface area (Å²) in [5.41, 5.74) is 1.19. The fourth-order valence-corrected chi connectivity index (χ4v) is 1.34. The first kappa shape index (κ1) is 10.2. The topological polar surface area (TPSA) is 57.3 Å². The van der Waals surface area contributed by atoms with Crippen LogP contribution in [-0.4, -0.2) is 22.8 Å². The van der Waals surface area contributed by atoms with Gasteiger partial charge in [-0.3, -0.25) is 9.78 Å². The Bertz CT molecular complexity index is 452. The molecule has 1 aromatic heterocycles. The number of nitrogens with one attached hydrogen (secondary N) is 2. The first-order valence-corrected chi connectivity index (χ1v) is 4.79. The number of nitrogens with zero attached hydrogens (tertiary/aromatic N) is 2. The zero-order chi connectivity index (χ0) is 11.5. The fraction of sp³-hybridized carbons (Fsp3) is 0.0909. The summed E-state index contributed by atoms with van der Waals surface area (Å²) in [7, 11) is 1.77. The SMILES string of the molecule is C=C1NC=C(C(=O)Nc2cccnc2)N1C. The fourth-order valence-electron chi connectivity index (χ4n) is 1.34. The van der Waals surface area contributed by atoms with Crippen LogP contribution in [0.15, 0.2) is 48.8 Å². The number of anilines is 1. The average molecular weight is 216 g/mol. The van der Waals surface area contributed by atoms with Gasteiger partial charge in [0, 0.05) is 19.4 Å². The normalized spacial score (nSPS) is 14.4. The van der Waals surface area contributed by atoms with Crippen LogP contribution >= 0.6 is 0 Å². The predicted molar refractivity (Wildman–Crippen MR) is 61.0 cm³/mol. The molecular weight excluding hydrogens is 204 g/mol. The maximum Gasteiger partial charge on any atom is 0.273 e. The van der Waals surface area contributed by atoms with Gasteiger partial charge in [-0.2, -0.15) is 0 Å². The van der Waals surface area contributed by atoms with E-state index >= 15 is 0 Å². The number of amides is 1. The average Bonchev–Trinajstić information content (AvgIpc) is 2.61. The maximum atomic E-state index is 11.8. The van der Waals surface area contributed by atoms with Crippen LogP contribution in [0.2, 0.25) is 0 Å². The van der Waals surface area contributed by atoms with Crippen molar-refractivity contribution < 1.29 is 4.79 Å². The summed E-state index contributed by atoms with van der Waals surface area (Å²) in [6, 6.07) is 3.54. The Morgan fingerprint density at radius 2 is 2.44 bits per heavy atom. The second-order valence-electron chi connectivity index (χ2n) is 3.38. The molecule has 1 aliphatic heterocycles. The Balaban J connectivity index is 2.08. The van der Waals surface area contributed by atoms with E-state index in [1.54, 1.807) is 42.7 Å². The van der Waals surface area contributed by atoms with Gasteiger partial charge in [-0.15, -0.1) is 0 Å². The summed E-state index contributed by atoms with van der Waals surface area (Å²) in [6.45, 7) is 3.75. The molecule has 0 bridgehead atoms. The van der Waals surface area contributed by atoms with Crippen molar-refractivity contribution in [1.29, 1.82) is 0 Å². The first-order chi connectivity index (χ1) is 7.68. The first-order valence-electron chi connectivity index (χ1n) is 4.79. The van der Waals surface area contributed by atoms with Gasteiger partial charge in [0.25, 0.3) is 5.91 Å². The van der Waals surface area contributed by atoms with Crippen LogP contribution in [-0.2, 0) is 4.79 Å². The standard InChI is InChI=1S/C11H12N4O/c1-8-13-7-10(15(8)2)11(16)14-9-4-3-5-12-6-9/h3-7,13H,1H2,2H3,(H,14,16). The summed E-state index contributed by atoms with van der Waals surface area (Å²) in [5, 5.41) is 5.62. The smallest absolute Gasteiger partial charge is 0.273 e. The van der Waals surface area contributed by atoms with Crippen LogP contribution in [0.25, 0.3) is 0 Å². The van der Waals surface area contributed by atoms with E-state index < -0.39 is 0 Å². The van der Waals surface area contributed by atoms with Crippen LogP contribution in [0.4, 0.5) is 5.69 Å². The second-order valence-corrected chi connectivity index (χ2v) is 3.38. The minimum atomic E-state index is -0.193. The quantitative estimate of drug-likeness (QED) is 0.770. The maximum absolute atomic E-state index is 11.8. The van der Waals surface area contributed by atoms with E-state index in [0.29, 0.717) is 17.2 Å². The molecule has 0 saturated heterocycles. The van der Waals surface area contributed by atoms with Crippen LogP contribution in [0, 0.1) is 0 Å². The molecule has 1 aromatic rings. The number of rotatable bonds is 2. The lowest BCUT2D eigenvalue weighted by atomic mass is 10.3. The van der Waals surface area contributed by atoms with Gasteiger partial charge in [0.2, 0.25) is 0 Å². The number of likely N-dealkylation sites (N-methyl/N-ethyl adjacent to an activating group) is 1. The molecule has 0 fully saturated rings. The van der Waals surface area contributed by atoms with Crippen molar-refractivity contribution in [3.05, 3.63) is 48.8 Å². The summed E-state index contributed by atoms with van der Waals surface area (Å²) in [6.07, 6.45) is 4.86. The van der Waals surface area contributed by atoms with Gasteiger partial charge in [0.05, 0.1) is 11.9 Å².